The normalized spacial score (nSPS) is 11.5. The van der Waals surface area contributed by atoms with E-state index in [0.717, 1.165) is 34.1 Å². The Morgan fingerprint density at radius 2 is 1.82 bits per heavy atom. The fraction of sp³-hybridized carbons (Fsp3) is 0.158. The Morgan fingerprint density at radius 3 is 2.50 bits per heavy atom. The number of benzene rings is 2. The van der Waals surface area contributed by atoms with E-state index in [1.807, 2.05) is 30.3 Å². The number of esters is 1. The minimum atomic E-state index is -3.93. The number of aromatic nitrogens is 1. The summed E-state index contributed by atoms with van der Waals surface area (Å²) in [7, 11) is -2.69. The van der Waals surface area contributed by atoms with Crippen LogP contribution in [-0.4, -0.2) is 37.4 Å². The Morgan fingerprint density at radius 1 is 1.14 bits per heavy atom. The number of ether oxygens (including phenoxy) is 1. The Bertz CT molecular complexity index is 1050. The third kappa shape index (κ3) is 4.62. The van der Waals surface area contributed by atoms with Crippen LogP contribution in [0.25, 0.3) is 11.3 Å². The topological polar surface area (TPSA) is 89.7 Å². The molecule has 0 aliphatic rings. The highest BCUT2D eigenvalue weighted by atomic mass is 32.2. The van der Waals surface area contributed by atoms with E-state index in [2.05, 4.69) is 5.16 Å². The van der Waals surface area contributed by atoms with Gasteiger partial charge in [0.2, 0.25) is 10.0 Å². The molecule has 3 rings (SSSR count). The number of carbonyl (C=O) groups excluding carboxylic acids is 1. The molecule has 0 N–H and O–H groups in total. The van der Waals surface area contributed by atoms with Gasteiger partial charge in [0, 0.05) is 18.7 Å². The van der Waals surface area contributed by atoms with E-state index < -0.39 is 28.4 Å². The van der Waals surface area contributed by atoms with Crippen LogP contribution in [0, 0.1) is 5.82 Å². The number of hydrogen-bond donors (Lipinski definition) is 0. The first-order chi connectivity index (χ1) is 13.4. The number of hydrogen-bond acceptors (Lipinski definition) is 6. The van der Waals surface area contributed by atoms with Crippen LogP contribution in [0.5, 0.6) is 0 Å². The van der Waals surface area contributed by atoms with Crippen molar-refractivity contribution in [2.24, 2.45) is 0 Å². The number of halogens is 1. The molecule has 0 amide bonds. The Balaban J connectivity index is 1.57. The summed E-state index contributed by atoms with van der Waals surface area (Å²) in [5, 5.41) is 3.83. The maximum Gasteiger partial charge on any atom is 0.321 e. The van der Waals surface area contributed by atoms with Gasteiger partial charge in [-0.05, 0) is 24.3 Å². The van der Waals surface area contributed by atoms with E-state index in [4.69, 9.17) is 9.26 Å². The molecule has 3 aromatic rings. The Kier molecular flexibility index (Phi) is 5.86. The maximum absolute atomic E-state index is 13.0. The van der Waals surface area contributed by atoms with Crippen LogP contribution < -0.4 is 0 Å². The van der Waals surface area contributed by atoms with E-state index in [1.165, 1.54) is 7.05 Å². The summed E-state index contributed by atoms with van der Waals surface area (Å²) < 4.78 is 48.8. The fourth-order valence-electron chi connectivity index (χ4n) is 2.37. The molecule has 9 heteroatoms. The van der Waals surface area contributed by atoms with Crippen LogP contribution in [0.15, 0.2) is 70.1 Å². The summed E-state index contributed by atoms with van der Waals surface area (Å²) in [4.78, 5) is 11.9. The molecular weight excluding hydrogens is 387 g/mol. The lowest BCUT2D eigenvalue weighted by Gasteiger charge is -2.16. The summed E-state index contributed by atoms with van der Waals surface area (Å²) in [6, 6.07) is 15.3. The lowest BCUT2D eigenvalue weighted by Crippen LogP contribution is -2.33. The van der Waals surface area contributed by atoms with Gasteiger partial charge in [0.1, 0.15) is 24.7 Å². The van der Waals surface area contributed by atoms with E-state index in [0.29, 0.717) is 11.5 Å². The van der Waals surface area contributed by atoms with Gasteiger partial charge >= 0.3 is 5.97 Å². The zero-order chi connectivity index (χ0) is 20.1. The van der Waals surface area contributed by atoms with Crippen LogP contribution in [0.4, 0.5) is 4.39 Å². The van der Waals surface area contributed by atoms with Gasteiger partial charge in [-0.2, -0.15) is 4.31 Å². The van der Waals surface area contributed by atoms with Crippen molar-refractivity contribution in [2.45, 2.75) is 11.5 Å². The second-order valence-corrected chi connectivity index (χ2v) is 7.97. The highest BCUT2D eigenvalue weighted by Crippen LogP contribution is 2.20. The third-order valence-electron chi connectivity index (χ3n) is 3.87. The van der Waals surface area contributed by atoms with Gasteiger partial charge in [0.05, 0.1) is 4.90 Å². The molecule has 0 atom stereocenters. The molecule has 0 bridgehead atoms. The van der Waals surface area contributed by atoms with Crippen molar-refractivity contribution >= 4 is 16.0 Å². The smallest absolute Gasteiger partial charge is 0.321 e. The quantitative estimate of drug-likeness (QED) is 0.563. The molecule has 146 valence electrons. The molecule has 0 saturated carbocycles. The highest BCUT2D eigenvalue weighted by molar-refractivity contribution is 7.89. The summed E-state index contributed by atoms with van der Waals surface area (Å²) in [6.07, 6.45) is 0. The lowest BCUT2D eigenvalue weighted by molar-refractivity contribution is -0.145. The van der Waals surface area contributed by atoms with Crippen molar-refractivity contribution in [3.8, 4) is 11.3 Å². The SMILES string of the molecule is CN(CC(=O)OCc1cc(-c2ccccc2)on1)S(=O)(=O)c1ccc(F)cc1. The number of sulfonamides is 1. The minimum Gasteiger partial charge on any atom is -0.458 e. The van der Waals surface area contributed by atoms with Gasteiger partial charge < -0.3 is 9.26 Å². The summed E-state index contributed by atoms with van der Waals surface area (Å²) in [5.41, 5.74) is 1.23. The third-order valence-corrected chi connectivity index (χ3v) is 5.69. The average Bonchev–Trinajstić information content (AvgIpc) is 3.16. The zero-order valence-electron chi connectivity index (χ0n) is 14.9. The van der Waals surface area contributed by atoms with E-state index in [1.54, 1.807) is 6.07 Å². The fourth-order valence-corrected chi connectivity index (χ4v) is 3.49. The van der Waals surface area contributed by atoms with Crippen LogP contribution in [-0.2, 0) is 26.2 Å². The predicted octanol–water partition coefficient (Wildman–Crippen LogP) is 2.84. The summed E-state index contributed by atoms with van der Waals surface area (Å²) >= 11 is 0. The molecule has 0 aliphatic carbocycles. The maximum atomic E-state index is 13.0. The van der Waals surface area contributed by atoms with E-state index in [-0.39, 0.29) is 11.5 Å². The van der Waals surface area contributed by atoms with E-state index >= 15 is 0 Å². The molecule has 0 radical (unpaired) electrons. The molecule has 0 spiro atoms. The van der Waals surface area contributed by atoms with Gasteiger partial charge in [-0.25, -0.2) is 12.8 Å². The molecular formula is C19H17FN2O5S. The molecule has 0 fully saturated rings. The van der Waals surface area contributed by atoms with Gasteiger partial charge in [-0.3, -0.25) is 4.79 Å². The van der Waals surface area contributed by atoms with Crippen molar-refractivity contribution in [3.63, 3.8) is 0 Å². The molecule has 28 heavy (non-hydrogen) atoms. The Hall–Kier alpha value is -3.04. The monoisotopic (exact) mass is 404 g/mol. The Labute approximate surface area is 161 Å². The number of nitrogens with zero attached hydrogens (tertiary/aromatic N) is 2. The summed E-state index contributed by atoms with van der Waals surface area (Å²) in [6.45, 7) is -0.650. The first-order valence-electron chi connectivity index (χ1n) is 8.25. The molecule has 0 aliphatic heterocycles. The molecule has 7 nitrogen and oxygen atoms in total. The second kappa shape index (κ2) is 8.32. The summed E-state index contributed by atoms with van der Waals surface area (Å²) in [5.74, 6) is -0.774. The van der Waals surface area contributed by atoms with Crippen LogP contribution >= 0.6 is 0 Å². The van der Waals surface area contributed by atoms with Crippen LogP contribution in [0.2, 0.25) is 0 Å². The molecule has 0 unspecified atom stereocenters. The van der Waals surface area contributed by atoms with Gasteiger partial charge in [-0.15, -0.1) is 0 Å². The largest absolute Gasteiger partial charge is 0.458 e. The van der Waals surface area contributed by atoms with Crippen molar-refractivity contribution in [2.75, 3.05) is 13.6 Å². The number of carbonyl (C=O) groups is 1. The first kappa shape index (κ1) is 19.7. The highest BCUT2D eigenvalue weighted by Gasteiger charge is 2.23. The van der Waals surface area contributed by atoms with Crippen molar-refractivity contribution in [3.05, 3.63) is 72.2 Å². The zero-order valence-corrected chi connectivity index (χ0v) is 15.7. The predicted molar refractivity (Wildman–Crippen MR) is 98.0 cm³/mol. The van der Waals surface area contributed by atoms with Crippen LogP contribution in [0.1, 0.15) is 5.69 Å². The van der Waals surface area contributed by atoms with Gasteiger partial charge in [0.15, 0.2) is 5.76 Å². The van der Waals surface area contributed by atoms with Crippen LogP contribution in [0.3, 0.4) is 0 Å². The lowest BCUT2D eigenvalue weighted by atomic mass is 10.2. The van der Waals surface area contributed by atoms with Crippen molar-refractivity contribution in [1.82, 2.24) is 9.46 Å². The minimum absolute atomic E-state index is 0.117. The number of rotatable bonds is 7. The standard InChI is InChI=1S/C19H17FN2O5S/c1-22(28(24,25)17-9-7-15(20)8-10-17)12-19(23)26-13-16-11-18(27-21-16)14-5-3-2-4-6-14/h2-11H,12-13H2,1H3. The number of likely N-dealkylation sites (N-methyl/N-ethyl adjacent to an activating group) is 1. The molecule has 2 aromatic carbocycles. The van der Waals surface area contributed by atoms with Gasteiger partial charge in [0.25, 0.3) is 0 Å². The van der Waals surface area contributed by atoms with Crippen molar-refractivity contribution < 1.29 is 26.9 Å². The van der Waals surface area contributed by atoms with E-state index in [9.17, 15) is 17.6 Å². The van der Waals surface area contributed by atoms with Gasteiger partial charge in [-0.1, -0.05) is 35.5 Å². The second-order valence-electron chi connectivity index (χ2n) is 5.92. The molecule has 1 heterocycles. The molecule has 1 aromatic heterocycles. The van der Waals surface area contributed by atoms with Crippen molar-refractivity contribution in [1.29, 1.82) is 0 Å². The molecule has 0 saturated heterocycles. The average molecular weight is 404 g/mol. The first-order valence-corrected chi connectivity index (χ1v) is 9.69.